The Labute approximate surface area is 145 Å². The standard InChI is InChI=1S/C19H30N2O3/c1-14-11-16(23-5)8-9-17(14)20-12-15-7-6-10-21(13-15)18(22)24-19(2,3)4/h8-9,11,15,20H,6-7,10,12-13H2,1-5H3. The SMILES string of the molecule is COc1ccc(NCC2CCCN(C(=O)OC(C)(C)C)C2)c(C)c1. The Balaban J connectivity index is 1.88. The molecule has 1 aromatic carbocycles. The molecule has 0 radical (unpaired) electrons. The number of nitrogens with one attached hydrogen (secondary N) is 1. The molecule has 2 rings (SSSR count). The maximum atomic E-state index is 12.2. The van der Waals surface area contributed by atoms with Gasteiger partial charge in [0.1, 0.15) is 11.4 Å². The number of methoxy groups -OCH3 is 1. The number of anilines is 1. The van der Waals surface area contributed by atoms with Gasteiger partial charge < -0.3 is 19.7 Å². The average Bonchev–Trinajstić information content (AvgIpc) is 2.52. The van der Waals surface area contributed by atoms with E-state index < -0.39 is 5.60 Å². The first-order valence-corrected chi connectivity index (χ1v) is 8.65. The van der Waals surface area contributed by atoms with Crippen LogP contribution in [0.3, 0.4) is 0 Å². The molecule has 1 aliphatic rings. The Morgan fingerprint density at radius 3 is 2.75 bits per heavy atom. The fourth-order valence-electron chi connectivity index (χ4n) is 2.94. The van der Waals surface area contributed by atoms with Crippen molar-refractivity contribution in [2.45, 2.75) is 46.1 Å². The number of carbonyl (C=O) groups excluding carboxylic acids is 1. The van der Waals surface area contributed by atoms with E-state index >= 15 is 0 Å². The third-order valence-electron chi connectivity index (χ3n) is 4.19. The molecule has 0 bridgehead atoms. The summed E-state index contributed by atoms with van der Waals surface area (Å²) in [5.41, 5.74) is 1.84. The third kappa shape index (κ3) is 5.32. The number of hydrogen-bond donors (Lipinski definition) is 1. The van der Waals surface area contributed by atoms with Gasteiger partial charge in [0.2, 0.25) is 0 Å². The second kappa shape index (κ2) is 7.77. The summed E-state index contributed by atoms with van der Waals surface area (Å²) < 4.78 is 10.7. The number of nitrogens with zero attached hydrogens (tertiary/aromatic N) is 1. The van der Waals surface area contributed by atoms with Crippen molar-refractivity contribution in [3.8, 4) is 5.75 Å². The largest absolute Gasteiger partial charge is 0.497 e. The molecule has 134 valence electrons. The fraction of sp³-hybridized carbons (Fsp3) is 0.632. The van der Waals surface area contributed by atoms with Crippen LogP contribution in [0.4, 0.5) is 10.5 Å². The summed E-state index contributed by atoms with van der Waals surface area (Å²) in [6.07, 6.45) is 1.95. The van der Waals surface area contributed by atoms with Crippen molar-refractivity contribution < 1.29 is 14.3 Å². The molecule has 0 saturated carbocycles. The van der Waals surface area contributed by atoms with E-state index in [4.69, 9.17) is 9.47 Å². The van der Waals surface area contributed by atoms with Gasteiger partial charge in [0.05, 0.1) is 7.11 Å². The van der Waals surface area contributed by atoms with Crippen LogP contribution < -0.4 is 10.1 Å². The quantitative estimate of drug-likeness (QED) is 0.902. The number of rotatable bonds is 4. The lowest BCUT2D eigenvalue weighted by molar-refractivity contribution is 0.0172. The molecule has 5 heteroatoms. The molecule has 0 spiro atoms. The highest BCUT2D eigenvalue weighted by atomic mass is 16.6. The Bertz CT molecular complexity index is 566. The minimum Gasteiger partial charge on any atom is -0.497 e. The molecule has 5 nitrogen and oxygen atoms in total. The van der Waals surface area contributed by atoms with Gasteiger partial charge in [0.15, 0.2) is 0 Å². The summed E-state index contributed by atoms with van der Waals surface area (Å²) in [4.78, 5) is 14.1. The molecular weight excluding hydrogens is 304 g/mol. The van der Waals surface area contributed by atoms with Crippen LogP contribution in [0.5, 0.6) is 5.75 Å². The van der Waals surface area contributed by atoms with E-state index in [0.29, 0.717) is 5.92 Å². The number of aryl methyl sites for hydroxylation is 1. The first kappa shape index (κ1) is 18.4. The van der Waals surface area contributed by atoms with Gasteiger partial charge in [0.25, 0.3) is 0 Å². The maximum Gasteiger partial charge on any atom is 0.410 e. The second-order valence-corrected chi connectivity index (χ2v) is 7.50. The fourth-order valence-corrected chi connectivity index (χ4v) is 2.94. The van der Waals surface area contributed by atoms with Crippen LogP contribution in [0.1, 0.15) is 39.2 Å². The number of hydrogen-bond acceptors (Lipinski definition) is 4. The minimum atomic E-state index is -0.442. The highest BCUT2D eigenvalue weighted by Gasteiger charge is 2.27. The Morgan fingerprint density at radius 2 is 2.12 bits per heavy atom. The molecule has 1 fully saturated rings. The predicted octanol–water partition coefficient (Wildman–Crippen LogP) is 4.06. The van der Waals surface area contributed by atoms with Crippen molar-refractivity contribution in [2.24, 2.45) is 5.92 Å². The van der Waals surface area contributed by atoms with Crippen molar-refractivity contribution in [1.29, 1.82) is 0 Å². The van der Waals surface area contributed by atoms with Crippen molar-refractivity contribution in [1.82, 2.24) is 4.90 Å². The number of amides is 1. The number of piperidine rings is 1. The van der Waals surface area contributed by atoms with Crippen molar-refractivity contribution in [3.63, 3.8) is 0 Å². The number of benzene rings is 1. The van der Waals surface area contributed by atoms with Gasteiger partial charge in [-0.3, -0.25) is 0 Å². The molecule has 1 unspecified atom stereocenters. The topological polar surface area (TPSA) is 50.8 Å². The first-order valence-electron chi connectivity index (χ1n) is 8.65. The number of likely N-dealkylation sites (tertiary alicyclic amines) is 1. The van der Waals surface area contributed by atoms with Crippen molar-refractivity contribution in [2.75, 3.05) is 32.1 Å². The van der Waals surface area contributed by atoms with Gasteiger partial charge in [-0.25, -0.2) is 4.79 Å². The summed E-state index contributed by atoms with van der Waals surface area (Å²) in [5.74, 6) is 1.31. The van der Waals surface area contributed by atoms with Gasteiger partial charge >= 0.3 is 6.09 Å². The molecule has 1 atom stereocenters. The van der Waals surface area contributed by atoms with Crippen molar-refractivity contribution >= 4 is 11.8 Å². The van der Waals surface area contributed by atoms with E-state index in [2.05, 4.69) is 12.2 Å². The van der Waals surface area contributed by atoms with Gasteiger partial charge in [-0.1, -0.05) is 0 Å². The summed E-state index contributed by atoms with van der Waals surface area (Å²) in [7, 11) is 1.68. The monoisotopic (exact) mass is 334 g/mol. The Kier molecular flexibility index (Phi) is 5.97. The van der Waals surface area contributed by atoms with Gasteiger partial charge in [-0.15, -0.1) is 0 Å². The molecule has 24 heavy (non-hydrogen) atoms. The predicted molar refractivity (Wildman–Crippen MR) is 96.8 cm³/mol. The lowest BCUT2D eigenvalue weighted by Crippen LogP contribution is -2.44. The van der Waals surface area contributed by atoms with Crippen LogP contribution in [0.15, 0.2) is 18.2 Å². The number of ether oxygens (including phenoxy) is 2. The van der Waals surface area contributed by atoms with E-state index in [1.54, 1.807) is 7.11 Å². The summed E-state index contributed by atoms with van der Waals surface area (Å²) in [6, 6.07) is 6.03. The summed E-state index contributed by atoms with van der Waals surface area (Å²) >= 11 is 0. The van der Waals surface area contributed by atoms with Crippen LogP contribution in [0.2, 0.25) is 0 Å². The maximum absolute atomic E-state index is 12.2. The van der Waals surface area contributed by atoms with Crippen LogP contribution in [0, 0.1) is 12.8 Å². The smallest absolute Gasteiger partial charge is 0.410 e. The molecule has 1 heterocycles. The Morgan fingerprint density at radius 1 is 1.38 bits per heavy atom. The van der Waals surface area contributed by atoms with Gasteiger partial charge in [-0.05, 0) is 70.2 Å². The van der Waals surface area contributed by atoms with Crippen LogP contribution in [-0.2, 0) is 4.74 Å². The first-order chi connectivity index (χ1) is 11.3. The normalized spacial score (nSPS) is 18.2. The second-order valence-electron chi connectivity index (χ2n) is 7.50. The molecule has 1 amide bonds. The molecule has 0 aliphatic carbocycles. The Hall–Kier alpha value is -1.91. The number of carbonyl (C=O) groups is 1. The molecule has 0 aromatic heterocycles. The van der Waals surface area contributed by atoms with Crippen LogP contribution in [-0.4, -0.2) is 43.3 Å². The molecule has 1 aromatic rings. The van der Waals surface area contributed by atoms with E-state index in [-0.39, 0.29) is 6.09 Å². The lowest BCUT2D eigenvalue weighted by Gasteiger charge is -2.34. The zero-order valence-electron chi connectivity index (χ0n) is 15.5. The zero-order chi connectivity index (χ0) is 17.7. The van der Waals surface area contributed by atoms with Gasteiger partial charge in [0, 0.05) is 25.3 Å². The third-order valence-corrected chi connectivity index (χ3v) is 4.19. The average molecular weight is 334 g/mol. The van der Waals surface area contributed by atoms with Crippen LogP contribution >= 0.6 is 0 Å². The summed E-state index contributed by atoms with van der Waals surface area (Å²) in [6.45, 7) is 10.2. The van der Waals surface area contributed by atoms with Crippen LogP contribution in [0.25, 0.3) is 0 Å². The minimum absolute atomic E-state index is 0.201. The van der Waals surface area contributed by atoms with E-state index in [1.165, 1.54) is 0 Å². The lowest BCUT2D eigenvalue weighted by atomic mass is 9.98. The van der Waals surface area contributed by atoms with Gasteiger partial charge in [-0.2, -0.15) is 0 Å². The highest BCUT2D eigenvalue weighted by molar-refractivity contribution is 5.68. The van der Waals surface area contributed by atoms with E-state index in [9.17, 15) is 4.79 Å². The van der Waals surface area contributed by atoms with E-state index in [0.717, 1.165) is 49.5 Å². The summed E-state index contributed by atoms with van der Waals surface area (Å²) in [5, 5.41) is 3.51. The molecular formula is C19H30N2O3. The van der Waals surface area contributed by atoms with Crippen molar-refractivity contribution in [3.05, 3.63) is 23.8 Å². The van der Waals surface area contributed by atoms with E-state index in [1.807, 2.05) is 43.9 Å². The zero-order valence-corrected chi connectivity index (χ0v) is 15.5. The molecule has 1 saturated heterocycles. The highest BCUT2D eigenvalue weighted by Crippen LogP contribution is 2.23. The molecule has 1 aliphatic heterocycles. The molecule has 1 N–H and O–H groups in total.